The predicted molar refractivity (Wildman–Crippen MR) is 57.3 cm³/mol. The molecule has 0 spiro atoms. The quantitative estimate of drug-likeness (QED) is 0.597. The summed E-state index contributed by atoms with van der Waals surface area (Å²) < 4.78 is 64.8. The Morgan fingerprint density at radius 2 is 1.84 bits per heavy atom. The number of Topliss-reactive ketones (excluding diaryl/α,β-unsaturated/α-hetero) is 1. The Bertz CT molecular complexity index is 454. The van der Waals surface area contributed by atoms with E-state index in [-0.39, 0.29) is 17.8 Å². The standard InChI is InChI=1S/C12H11F5O2/c1-2-4-10(18)8-5-3-6-9(7-8)19-12(16,17)11(13,14)15/h3,5-7H,2,4H2,1H3. The highest BCUT2D eigenvalue weighted by Crippen LogP contribution is 2.37. The first-order chi connectivity index (χ1) is 8.67. The molecule has 1 aromatic rings. The molecule has 0 unspecified atom stereocenters. The van der Waals surface area contributed by atoms with Crippen molar-refractivity contribution in [2.75, 3.05) is 0 Å². The highest BCUT2D eigenvalue weighted by molar-refractivity contribution is 5.96. The van der Waals surface area contributed by atoms with Crippen LogP contribution in [0.3, 0.4) is 0 Å². The molecule has 0 bridgehead atoms. The van der Waals surface area contributed by atoms with Crippen LogP contribution in [0.4, 0.5) is 22.0 Å². The van der Waals surface area contributed by atoms with Crippen molar-refractivity contribution in [3.8, 4) is 5.75 Å². The first-order valence-corrected chi connectivity index (χ1v) is 5.44. The number of rotatable bonds is 5. The lowest BCUT2D eigenvalue weighted by Crippen LogP contribution is -2.41. The second-order valence-electron chi connectivity index (χ2n) is 3.82. The van der Waals surface area contributed by atoms with E-state index in [1.807, 2.05) is 0 Å². The van der Waals surface area contributed by atoms with Crippen LogP contribution in [0.15, 0.2) is 24.3 Å². The van der Waals surface area contributed by atoms with E-state index in [9.17, 15) is 26.7 Å². The summed E-state index contributed by atoms with van der Waals surface area (Å²) in [5, 5.41) is 0. The lowest BCUT2D eigenvalue weighted by molar-refractivity contribution is -0.360. The van der Waals surface area contributed by atoms with Crippen LogP contribution in [-0.4, -0.2) is 18.1 Å². The van der Waals surface area contributed by atoms with Gasteiger partial charge in [0, 0.05) is 12.0 Å². The smallest absolute Gasteiger partial charge is 0.426 e. The molecule has 1 rings (SSSR count). The van der Waals surface area contributed by atoms with Gasteiger partial charge in [0.15, 0.2) is 5.78 Å². The van der Waals surface area contributed by atoms with Crippen LogP contribution < -0.4 is 4.74 Å². The van der Waals surface area contributed by atoms with Crippen LogP contribution in [0, 0.1) is 0 Å². The first-order valence-electron chi connectivity index (χ1n) is 5.44. The van der Waals surface area contributed by atoms with Gasteiger partial charge in [-0.1, -0.05) is 19.1 Å². The molecule has 7 heteroatoms. The largest absolute Gasteiger partial charge is 0.499 e. The topological polar surface area (TPSA) is 26.3 Å². The fraction of sp³-hybridized carbons (Fsp3) is 0.417. The van der Waals surface area contributed by atoms with Gasteiger partial charge in [-0.2, -0.15) is 22.0 Å². The average molecular weight is 282 g/mol. The maximum absolute atomic E-state index is 12.7. The SMILES string of the molecule is CCCC(=O)c1cccc(OC(F)(F)C(F)(F)F)c1. The lowest BCUT2D eigenvalue weighted by atomic mass is 10.1. The highest BCUT2D eigenvalue weighted by atomic mass is 19.4. The molecule has 0 N–H and O–H groups in total. The molecule has 0 heterocycles. The summed E-state index contributed by atoms with van der Waals surface area (Å²) in [6, 6.07) is 4.32. The number of carbonyl (C=O) groups is 1. The minimum atomic E-state index is -5.81. The van der Waals surface area contributed by atoms with Gasteiger partial charge in [-0.15, -0.1) is 0 Å². The fourth-order valence-corrected chi connectivity index (χ4v) is 1.31. The van der Waals surface area contributed by atoms with E-state index < -0.39 is 18.0 Å². The normalized spacial score (nSPS) is 12.3. The molecule has 1 aromatic carbocycles. The summed E-state index contributed by atoms with van der Waals surface area (Å²) in [5.74, 6) is -1.05. The number of ether oxygens (including phenoxy) is 1. The Balaban J connectivity index is 2.92. The molecule has 106 valence electrons. The monoisotopic (exact) mass is 282 g/mol. The van der Waals surface area contributed by atoms with Crippen molar-refractivity contribution in [3.63, 3.8) is 0 Å². The molecule has 0 radical (unpaired) electrons. The van der Waals surface area contributed by atoms with E-state index in [1.54, 1.807) is 6.92 Å². The van der Waals surface area contributed by atoms with Gasteiger partial charge >= 0.3 is 12.3 Å². The number of halogens is 5. The third-order valence-corrected chi connectivity index (χ3v) is 2.21. The first kappa shape index (κ1) is 15.4. The zero-order chi connectivity index (χ0) is 14.7. The van der Waals surface area contributed by atoms with Crippen molar-refractivity contribution in [3.05, 3.63) is 29.8 Å². The van der Waals surface area contributed by atoms with E-state index in [0.29, 0.717) is 6.42 Å². The van der Waals surface area contributed by atoms with Crippen molar-refractivity contribution in [1.82, 2.24) is 0 Å². The third-order valence-electron chi connectivity index (χ3n) is 2.21. The van der Waals surface area contributed by atoms with E-state index in [2.05, 4.69) is 4.74 Å². The van der Waals surface area contributed by atoms with Gasteiger partial charge < -0.3 is 4.74 Å². The van der Waals surface area contributed by atoms with Crippen molar-refractivity contribution in [2.24, 2.45) is 0 Å². The van der Waals surface area contributed by atoms with Crippen LogP contribution >= 0.6 is 0 Å². The van der Waals surface area contributed by atoms with E-state index in [0.717, 1.165) is 12.1 Å². The molecule has 0 saturated heterocycles. The van der Waals surface area contributed by atoms with E-state index >= 15 is 0 Å². The van der Waals surface area contributed by atoms with Gasteiger partial charge in [-0.25, -0.2) is 0 Å². The number of alkyl halides is 5. The minimum Gasteiger partial charge on any atom is -0.426 e. The number of hydrogen-bond acceptors (Lipinski definition) is 2. The van der Waals surface area contributed by atoms with Gasteiger partial charge in [-0.05, 0) is 18.6 Å². The van der Waals surface area contributed by atoms with Crippen LogP contribution in [-0.2, 0) is 0 Å². The molecule has 0 aliphatic rings. The fourth-order valence-electron chi connectivity index (χ4n) is 1.31. The Morgan fingerprint density at radius 3 is 2.37 bits per heavy atom. The maximum Gasteiger partial charge on any atom is 0.499 e. The summed E-state index contributed by atoms with van der Waals surface area (Å²) in [5.41, 5.74) is 0.0392. The van der Waals surface area contributed by atoms with E-state index in [4.69, 9.17) is 0 Å². The molecular formula is C12H11F5O2. The molecule has 0 fully saturated rings. The summed E-state index contributed by atoms with van der Waals surface area (Å²) >= 11 is 0. The van der Waals surface area contributed by atoms with Crippen LogP contribution in [0.2, 0.25) is 0 Å². The molecular weight excluding hydrogens is 271 g/mol. The van der Waals surface area contributed by atoms with Gasteiger partial charge in [0.2, 0.25) is 0 Å². The zero-order valence-corrected chi connectivity index (χ0v) is 9.93. The van der Waals surface area contributed by atoms with Gasteiger partial charge in [0.25, 0.3) is 0 Å². The Labute approximate surface area is 106 Å². The maximum atomic E-state index is 12.7. The number of benzene rings is 1. The van der Waals surface area contributed by atoms with Gasteiger partial charge in [-0.3, -0.25) is 4.79 Å². The average Bonchev–Trinajstić information content (AvgIpc) is 2.27. The Hall–Kier alpha value is -1.66. The number of carbonyl (C=O) groups excluding carboxylic acids is 1. The molecule has 0 aromatic heterocycles. The van der Waals surface area contributed by atoms with Gasteiger partial charge in [0.1, 0.15) is 5.75 Å². The van der Waals surface area contributed by atoms with Crippen molar-refractivity contribution < 1.29 is 31.5 Å². The molecule has 19 heavy (non-hydrogen) atoms. The second kappa shape index (κ2) is 5.54. The number of ketones is 1. The summed E-state index contributed by atoms with van der Waals surface area (Å²) in [7, 11) is 0. The molecule has 2 nitrogen and oxygen atoms in total. The predicted octanol–water partition coefficient (Wildman–Crippen LogP) is 4.20. The molecule has 0 aliphatic heterocycles. The third kappa shape index (κ3) is 3.90. The minimum absolute atomic E-state index is 0.0392. The number of hydrogen-bond donors (Lipinski definition) is 0. The molecule has 0 saturated carbocycles. The summed E-state index contributed by atoms with van der Waals surface area (Å²) in [6.07, 6.45) is -10.4. The Morgan fingerprint density at radius 1 is 1.21 bits per heavy atom. The zero-order valence-electron chi connectivity index (χ0n) is 9.93. The van der Waals surface area contributed by atoms with Crippen molar-refractivity contribution in [2.45, 2.75) is 32.1 Å². The molecule has 0 aliphatic carbocycles. The summed E-state index contributed by atoms with van der Waals surface area (Å²) in [6.45, 7) is 1.75. The van der Waals surface area contributed by atoms with Crippen LogP contribution in [0.5, 0.6) is 5.75 Å². The van der Waals surface area contributed by atoms with Crippen LogP contribution in [0.1, 0.15) is 30.1 Å². The highest BCUT2D eigenvalue weighted by Gasteiger charge is 2.61. The molecule has 0 amide bonds. The van der Waals surface area contributed by atoms with Crippen LogP contribution in [0.25, 0.3) is 0 Å². The second-order valence-corrected chi connectivity index (χ2v) is 3.82. The lowest BCUT2D eigenvalue weighted by Gasteiger charge is -2.20. The summed E-state index contributed by atoms with van der Waals surface area (Å²) in [4.78, 5) is 11.5. The van der Waals surface area contributed by atoms with Crippen molar-refractivity contribution >= 4 is 5.78 Å². The van der Waals surface area contributed by atoms with Gasteiger partial charge in [0.05, 0.1) is 0 Å². The van der Waals surface area contributed by atoms with Crippen molar-refractivity contribution in [1.29, 1.82) is 0 Å². The Kier molecular flexibility index (Phi) is 4.49. The molecule has 0 atom stereocenters. The van der Waals surface area contributed by atoms with E-state index in [1.165, 1.54) is 12.1 Å².